The third-order valence-corrected chi connectivity index (χ3v) is 11.6. The minimum absolute atomic E-state index is 0.0950. The first-order valence-electron chi connectivity index (χ1n) is 15.5. The average Bonchev–Trinajstić information content (AvgIpc) is 3.45. The standard InChI is InChI=1S/C35H20Cl2F8N2O6/c1-2-13-3-5-14(6-4-13)46-29(49)17-9-8-16-19(21(17)30(46)50)12-33(36)31(51)47(28-26(41)24(39)23(38)25(40)27(28)42)32(52)34(33,37)22(16)18-11-15(7-10-20(18)48)53-35(43,44)45/h2-8,10-11,17,19,21-22,48H,1,9,12H2. The first kappa shape index (κ1) is 36.4. The number of rotatable bonds is 5. The molecule has 4 amide bonds. The Morgan fingerprint density at radius 2 is 1.43 bits per heavy atom. The van der Waals surface area contributed by atoms with E-state index in [-0.39, 0.29) is 17.7 Å². The second kappa shape index (κ2) is 12.0. The molecule has 276 valence electrons. The third kappa shape index (κ3) is 5.01. The van der Waals surface area contributed by atoms with E-state index in [0.717, 1.165) is 4.90 Å². The maximum absolute atomic E-state index is 15.2. The number of ether oxygens (including phenoxy) is 1. The molecule has 0 spiro atoms. The molecular formula is C35H20Cl2F8N2O6. The van der Waals surface area contributed by atoms with Gasteiger partial charge >= 0.3 is 6.36 Å². The van der Waals surface area contributed by atoms with Gasteiger partial charge in [0.1, 0.15) is 17.2 Å². The molecule has 6 atom stereocenters. The van der Waals surface area contributed by atoms with Crippen LogP contribution in [0.2, 0.25) is 0 Å². The molecule has 3 aromatic carbocycles. The molecule has 18 heteroatoms. The van der Waals surface area contributed by atoms with Crippen molar-refractivity contribution in [3.05, 3.63) is 101 Å². The number of hydrogen-bond donors (Lipinski definition) is 1. The quantitative estimate of drug-likeness (QED) is 0.0723. The van der Waals surface area contributed by atoms with Crippen LogP contribution in [0.15, 0.2) is 60.7 Å². The van der Waals surface area contributed by atoms with Crippen LogP contribution in [0.1, 0.15) is 29.9 Å². The Bertz CT molecular complexity index is 2190. The van der Waals surface area contributed by atoms with E-state index in [0.29, 0.717) is 23.8 Å². The number of nitrogens with zero attached hydrogens (tertiary/aromatic N) is 2. The summed E-state index contributed by atoms with van der Waals surface area (Å²) in [6.07, 6.45) is -3.57. The molecule has 3 aromatic rings. The number of imide groups is 2. The highest BCUT2D eigenvalue weighted by atomic mass is 35.5. The van der Waals surface area contributed by atoms with E-state index >= 15 is 8.78 Å². The summed E-state index contributed by atoms with van der Waals surface area (Å²) in [5.41, 5.74) is -2.01. The van der Waals surface area contributed by atoms with E-state index in [1.807, 2.05) is 0 Å². The monoisotopic (exact) mass is 786 g/mol. The second-order valence-electron chi connectivity index (χ2n) is 12.8. The van der Waals surface area contributed by atoms with Crippen LogP contribution in [-0.2, 0) is 19.2 Å². The van der Waals surface area contributed by atoms with Crippen LogP contribution in [0.3, 0.4) is 0 Å². The summed E-state index contributed by atoms with van der Waals surface area (Å²) in [7, 11) is 0. The Balaban J connectivity index is 1.44. The fourth-order valence-corrected chi connectivity index (χ4v) is 8.81. The minimum Gasteiger partial charge on any atom is -0.508 e. The molecule has 3 fully saturated rings. The maximum atomic E-state index is 15.2. The molecule has 0 radical (unpaired) electrons. The van der Waals surface area contributed by atoms with Crippen LogP contribution in [0.4, 0.5) is 46.5 Å². The molecule has 0 bridgehead atoms. The lowest BCUT2D eigenvalue weighted by Crippen LogP contribution is -2.60. The number of carbonyl (C=O) groups is 4. The lowest BCUT2D eigenvalue weighted by molar-refractivity contribution is -0.274. The first-order valence-corrected chi connectivity index (χ1v) is 16.2. The molecule has 1 saturated carbocycles. The number of allylic oxidation sites excluding steroid dienone is 2. The molecular weight excluding hydrogens is 767 g/mol. The first-order chi connectivity index (χ1) is 24.8. The van der Waals surface area contributed by atoms with Crippen molar-refractivity contribution in [3.63, 3.8) is 0 Å². The molecule has 8 nitrogen and oxygen atoms in total. The largest absolute Gasteiger partial charge is 0.573 e. The van der Waals surface area contributed by atoms with E-state index in [4.69, 9.17) is 23.2 Å². The number of hydrogen-bond acceptors (Lipinski definition) is 6. The lowest BCUT2D eigenvalue weighted by Gasteiger charge is -2.50. The topological polar surface area (TPSA) is 104 Å². The molecule has 2 heterocycles. The van der Waals surface area contributed by atoms with Crippen LogP contribution < -0.4 is 14.5 Å². The highest BCUT2D eigenvalue weighted by Gasteiger charge is 2.77. The Morgan fingerprint density at radius 1 is 0.830 bits per heavy atom. The third-order valence-electron chi connectivity index (χ3n) is 10.2. The van der Waals surface area contributed by atoms with Gasteiger partial charge in [-0.1, -0.05) is 36.4 Å². The van der Waals surface area contributed by atoms with E-state index < -0.39 is 127 Å². The van der Waals surface area contributed by atoms with Crippen molar-refractivity contribution in [2.24, 2.45) is 17.8 Å². The summed E-state index contributed by atoms with van der Waals surface area (Å²) < 4.78 is 117. The van der Waals surface area contributed by atoms with Gasteiger partial charge in [-0.15, -0.1) is 36.4 Å². The van der Waals surface area contributed by atoms with E-state index in [1.54, 1.807) is 12.1 Å². The second-order valence-corrected chi connectivity index (χ2v) is 14.0. The van der Waals surface area contributed by atoms with E-state index in [9.17, 15) is 50.6 Å². The molecule has 2 aliphatic carbocycles. The Labute approximate surface area is 302 Å². The van der Waals surface area contributed by atoms with Crippen LogP contribution in [0.25, 0.3) is 6.08 Å². The molecule has 6 unspecified atom stereocenters. The maximum Gasteiger partial charge on any atom is 0.573 e. The van der Waals surface area contributed by atoms with Crippen molar-refractivity contribution in [1.29, 1.82) is 0 Å². The number of phenols is 1. The van der Waals surface area contributed by atoms with Gasteiger partial charge in [0, 0.05) is 11.5 Å². The lowest BCUT2D eigenvalue weighted by atomic mass is 9.56. The van der Waals surface area contributed by atoms with Gasteiger partial charge in [0.05, 0.1) is 17.5 Å². The summed E-state index contributed by atoms with van der Waals surface area (Å²) >= 11 is 14.0. The van der Waals surface area contributed by atoms with Gasteiger partial charge in [-0.2, -0.15) is 0 Å². The van der Waals surface area contributed by atoms with Crippen LogP contribution in [-0.4, -0.2) is 44.8 Å². The number of alkyl halides is 5. The number of benzene rings is 3. The van der Waals surface area contributed by atoms with Gasteiger partial charge < -0.3 is 9.84 Å². The molecule has 4 aliphatic rings. The predicted octanol–water partition coefficient (Wildman–Crippen LogP) is 7.40. The highest BCUT2D eigenvalue weighted by molar-refractivity contribution is 6.58. The number of anilines is 2. The minimum atomic E-state index is -5.29. The summed E-state index contributed by atoms with van der Waals surface area (Å²) in [6, 6.07) is 8.04. The SMILES string of the molecule is C=Cc1ccc(N2C(=O)C3CC=C4C(CC5(Cl)C(=O)N(c6c(F)c(F)c(F)c(F)c6F)C(=O)C5(Cl)C4c4cc(OC(F)(F)F)ccc4O)C3C2=O)cc1. The zero-order valence-corrected chi connectivity index (χ0v) is 27.8. The molecule has 2 saturated heterocycles. The van der Waals surface area contributed by atoms with Gasteiger partial charge in [-0.25, -0.2) is 26.9 Å². The fourth-order valence-electron chi connectivity index (χ4n) is 7.89. The summed E-state index contributed by atoms with van der Waals surface area (Å²) in [5, 5.41) is 11.1. The molecule has 53 heavy (non-hydrogen) atoms. The van der Waals surface area contributed by atoms with Gasteiger partial charge in [-0.05, 0) is 54.7 Å². The van der Waals surface area contributed by atoms with Crippen LogP contribution in [0.5, 0.6) is 11.5 Å². The van der Waals surface area contributed by atoms with Crippen molar-refractivity contribution in [3.8, 4) is 11.5 Å². The Kier molecular flexibility index (Phi) is 8.26. The number of aromatic hydroxyl groups is 1. The normalized spacial score (nSPS) is 28.2. The van der Waals surface area contributed by atoms with Crippen LogP contribution in [0, 0.1) is 46.8 Å². The fraction of sp³-hybridized carbons (Fsp3) is 0.257. The van der Waals surface area contributed by atoms with E-state index in [2.05, 4.69) is 11.3 Å². The van der Waals surface area contributed by atoms with Crippen molar-refractivity contribution in [2.45, 2.75) is 34.9 Å². The molecule has 0 aromatic heterocycles. The number of fused-ring (bicyclic) bond motifs is 4. The van der Waals surface area contributed by atoms with Crippen molar-refractivity contribution in [2.75, 3.05) is 9.80 Å². The predicted molar refractivity (Wildman–Crippen MR) is 170 cm³/mol. The van der Waals surface area contributed by atoms with Gasteiger partial charge in [0.25, 0.3) is 11.8 Å². The summed E-state index contributed by atoms with van der Waals surface area (Å²) in [5.74, 6) is -25.9. The molecule has 7 rings (SSSR count). The smallest absolute Gasteiger partial charge is 0.508 e. The number of amides is 4. The van der Waals surface area contributed by atoms with Gasteiger partial charge in [0.2, 0.25) is 17.6 Å². The highest BCUT2D eigenvalue weighted by Crippen LogP contribution is 2.67. The zero-order valence-electron chi connectivity index (χ0n) is 26.3. The zero-order chi connectivity index (χ0) is 38.7. The number of carbonyl (C=O) groups excluding carboxylic acids is 4. The summed E-state index contributed by atoms with van der Waals surface area (Å²) in [6.45, 7) is 3.64. The number of phenolic OH excluding ortho intramolecular Hbond substituents is 1. The van der Waals surface area contributed by atoms with Crippen LogP contribution >= 0.6 is 23.2 Å². The Hall–Kier alpha value is -4.96. The number of halogens is 10. The van der Waals surface area contributed by atoms with Crippen molar-refractivity contribution < 1.29 is 64.1 Å². The Morgan fingerprint density at radius 3 is 2.02 bits per heavy atom. The van der Waals surface area contributed by atoms with Gasteiger partial charge in [0.15, 0.2) is 33.0 Å². The van der Waals surface area contributed by atoms with Gasteiger partial charge in [-0.3, -0.25) is 24.1 Å². The summed E-state index contributed by atoms with van der Waals surface area (Å²) in [4.78, 5) is 51.0. The average molecular weight is 787 g/mol. The molecule has 2 aliphatic heterocycles. The van der Waals surface area contributed by atoms with Crippen molar-refractivity contribution in [1.82, 2.24) is 0 Å². The molecule has 1 N–H and O–H groups in total. The van der Waals surface area contributed by atoms with Crippen molar-refractivity contribution >= 4 is 64.3 Å². The van der Waals surface area contributed by atoms with E-state index in [1.165, 1.54) is 24.3 Å².